The van der Waals surface area contributed by atoms with Crippen molar-refractivity contribution in [3.8, 4) is 0 Å². The molecule has 0 saturated carbocycles. The zero-order chi connectivity index (χ0) is 14.5. The summed E-state index contributed by atoms with van der Waals surface area (Å²) in [6, 6.07) is 8.09. The molecule has 1 aromatic rings. The van der Waals surface area contributed by atoms with Gasteiger partial charge in [-0.15, -0.1) is 0 Å². The van der Waals surface area contributed by atoms with E-state index in [9.17, 15) is 0 Å². The Morgan fingerprint density at radius 1 is 1.42 bits per heavy atom. The van der Waals surface area contributed by atoms with Gasteiger partial charge in [0.05, 0.1) is 5.60 Å². The lowest BCUT2D eigenvalue weighted by Gasteiger charge is -2.26. The predicted octanol–water partition coefficient (Wildman–Crippen LogP) is 2.57. The van der Waals surface area contributed by atoms with E-state index in [0.29, 0.717) is 4.99 Å². The number of thiocarbonyl (C=S) groups is 1. The van der Waals surface area contributed by atoms with E-state index in [2.05, 4.69) is 37.9 Å². The molecular formula is C15H24N2OS. The van der Waals surface area contributed by atoms with E-state index < -0.39 is 0 Å². The van der Waals surface area contributed by atoms with Crippen LogP contribution in [0, 0.1) is 0 Å². The Morgan fingerprint density at radius 2 is 2.11 bits per heavy atom. The van der Waals surface area contributed by atoms with Crippen LogP contribution in [-0.4, -0.2) is 36.2 Å². The number of nitrogens with zero attached hydrogens (tertiary/aromatic N) is 1. The van der Waals surface area contributed by atoms with Crippen molar-refractivity contribution < 1.29 is 4.74 Å². The molecule has 0 aliphatic rings. The summed E-state index contributed by atoms with van der Waals surface area (Å²) in [4.78, 5) is 2.73. The number of hydrogen-bond donors (Lipinski definition) is 1. The second-order valence-electron chi connectivity index (χ2n) is 5.52. The summed E-state index contributed by atoms with van der Waals surface area (Å²) < 4.78 is 5.43. The van der Waals surface area contributed by atoms with Crippen LogP contribution in [0.5, 0.6) is 0 Å². The van der Waals surface area contributed by atoms with Crippen molar-refractivity contribution in [2.24, 2.45) is 5.73 Å². The first kappa shape index (κ1) is 16.1. The lowest BCUT2D eigenvalue weighted by Crippen LogP contribution is -2.30. The molecular weight excluding hydrogens is 256 g/mol. The predicted molar refractivity (Wildman–Crippen MR) is 84.4 cm³/mol. The summed E-state index contributed by atoms with van der Waals surface area (Å²) in [5, 5.41) is 0. The van der Waals surface area contributed by atoms with Gasteiger partial charge in [-0.25, -0.2) is 0 Å². The summed E-state index contributed by atoms with van der Waals surface area (Å²) in [5.41, 5.74) is 7.73. The van der Waals surface area contributed by atoms with Crippen molar-refractivity contribution in [3.63, 3.8) is 0 Å². The van der Waals surface area contributed by atoms with Crippen LogP contribution in [0.25, 0.3) is 0 Å². The Morgan fingerprint density at radius 3 is 2.68 bits per heavy atom. The Labute approximate surface area is 121 Å². The standard InChI is InChI=1S/C15H24N2OS/c1-15(2,18-4)8-9-17(3)11-12-6-5-7-13(10-12)14(16)19/h5-7,10H,8-9,11H2,1-4H3,(H2,16,19). The van der Waals surface area contributed by atoms with Crippen molar-refractivity contribution in [2.45, 2.75) is 32.4 Å². The van der Waals surface area contributed by atoms with Gasteiger partial charge in [-0.1, -0.05) is 30.4 Å². The summed E-state index contributed by atoms with van der Waals surface area (Å²) in [7, 11) is 3.87. The molecule has 0 bridgehead atoms. The van der Waals surface area contributed by atoms with Crippen LogP contribution in [0.4, 0.5) is 0 Å². The maximum Gasteiger partial charge on any atom is 0.103 e. The fourth-order valence-electron chi connectivity index (χ4n) is 1.78. The van der Waals surface area contributed by atoms with E-state index in [0.717, 1.165) is 25.1 Å². The van der Waals surface area contributed by atoms with Gasteiger partial charge in [-0.05, 0) is 38.9 Å². The molecule has 0 aromatic heterocycles. The molecule has 2 N–H and O–H groups in total. The fourth-order valence-corrected chi connectivity index (χ4v) is 1.90. The Kier molecular flexibility index (Phi) is 5.91. The molecule has 0 aliphatic carbocycles. The third kappa shape index (κ3) is 5.68. The van der Waals surface area contributed by atoms with E-state index in [4.69, 9.17) is 22.7 Å². The Balaban J connectivity index is 2.55. The molecule has 1 aromatic carbocycles. The molecule has 1 rings (SSSR count). The number of hydrogen-bond acceptors (Lipinski definition) is 3. The maximum atomic E-state index is 5.65. The number of nitrogens with two attached hydrogens (primary N) is 1. The van der Waals surface area contributed by atoms with Gasteiger partial charge in [0, 0.05) is 25.8 Å². The minimum Gasteiger partial charge on any atom is -0.389 e. The van der Waals surface area contributed by atoms with Gasteiger partial charge in [-0.2, -0.15) is 0 Å². The second-order valence-corrected chi connectivity index (χ2v) is 5.96. The lowest BCUT2D eigenvalue weighted by molar-refractivity contribution is 0.00867. The summed E-state index contributed by atoms with van der Waals surface area (Å²) in [6.07, 6.45) is 0.995. The molecule has 0 amide bonds. The highest BCUT2D eigenvalue weighted by Gasteiger charge is 2.16. The molecule has 19 heavy (non-hydrogen) atoms. The molecule has 106 valence electrons. The first-order valence-corrected chi connectivity index (χ1v) is 6.87. The van der Waals surface area contributed by atoms with Crippen molar-refractivity contribution in [1.82, 2.24) is 4.90 Å². The van der Waals surface area contributed by atoms with Gasteiger partial charge in [0.1, 0.15) is 4.99 Å². The average Bonchev–Trinajstić information content (AvgIpc) is 2.37. The van der Waals surface area contributed by atoms with E-state index >= 15 is 0 Å². The highest BCUT2D eigenvalue weighted by atomic mass is 32.1. The molecule has 0 atom stereocenters. The van der Waals surface area contributed by atoms with Crippen molar-refractivity contribution in [3.05, 3.63) is 35.4 Å². The number of benzene rings is 1. The van der Waals surface area contributed by atoms with Gasteiger partial charge < -0.3 is 15.4 Å². The van der Waals surface area contributed by atoms with Crippen molar-refractivity contribution in [1.29, 1.82) is 0 Å². The van der Waals surface area contributed by atoms with Crippen molar-refractivity contribution >= 4 is 17.2 Å². The van der Waals surface area contributed by atoms with Crippen LogP contribution < -0.4 is 5.73 Å². The van der Waals surface area contributed by atoms with Crippen LogP contribution in [0.2, 0.25) is 0 Å². The van der Waals surface area contributed by atoms with Crippen LogP contribution in [0.1, 0.15) is 31.4 Å². The quantitative estimate of drug-likeness (QED) is 0.779. The smallest absolute Gasteiger partial charge is 0.103 e. The van der Waals surface area contributed by atoms with E-state index in [1.165, 1.54) is 5.56 Å². The van der Waals surface area contributed by atoms with Crippen molar-refractivity contribution in [2.75, 3.05) is 20.7 Å². The van der Waals surface area contributed by atoms with Crippen LogP contribution in [-0.2, 0) is 11.3 Å². The molecule has 0 heterocycles. The van der Waals surface area contributed by atoms with Crippen LogP contribution in [0.3, 0.4) is 0 Å². The van der Waals surface area contributed by atoms with Gasteiger partial charge in [0.15, 0.2) is 0 Å². The monoisotopic (exact) mass is 280 g/mol. The zero-order valence-corrected chi connectivity index (χ0v) is 13.1. The third-order valence-electron chi connectivity index (χ3n) is 3.31. The van der Waals surface area contributed by atoms with Gasteiger partial charge >= 0.3 is 0 Å². The number of ether oxygens (including phenoxy) is 1. The molecule has 4 heteroatoms. The fraction of sp³-hybridized carbons (Fsp3) is 0.533. The minimum absolute atomic E-state index is 0.0745. The number of rotatable bonds is 7. The lowest BCUT2D eigenvalue weighted by atomic mass is 10.0. The highest BCUT2D eigenvalue weighted by molar-refractivity contribution is 7.80. The van der Waals surface area contributed by atoms with Crippen LogP contribution in [0.15, 0.2) is 24.3 Å². The topological polar surface area (TPSA) is 38.5 Å². The van der Waals surface area contributed by atoms with E-state index in [1.54, 1.807) is 7.11 Å². The summed E-state index contributed by atoms with van der Waals surface area (Å²) in [5.74, 6) is 0. The van der Waals surface area contributed by atoms with E-state index in [1.807, 2.05) is 12.1 Å². The van der Waals surface area contributed by atoms with Crippen LogP contribution >= 0.6 is 12.2 Å². The normalized spacial score (nSPS) is 11.8. The first-order valence-electron chi connectivity index (χ1n) is 6.46. The minimum atomic E-state index is -0.0745. The number of methoxy groups -OCH3 is 1. The Bertz CT molecular complexity index is 432. The summed E-state index contributed by atoms with van der Waals surface area (Å²) >= 11 is 5.00. The maximum absolute atomic E-state index is 5.65. The summed E-state index contributed by atoms with van der Waals surface area (Å²) in [6.45, 7) is 6.08. The average molecular weight is 280 g/mol. The molecule has 3 nitrogen and oxygen atoms in total. The Hall–Kier alpha value is -0.970. The van der Waals surface area contributed by atoms with Gasteiger partial charge in [-0.3, -0.25) is 0 Å². The largest absolute Gasteiger partial charge is 0.389 e. The second kappa shape index (κ2) is 6.98. The highest BCUT2D eigenvalue weighted by Crippen LogP contribution is 2.14. The zero-order valence-electron chi connectivity index (χ0n) is 12.3. The molecule has 0 radical (unpaired) electrons. The third-order valence-corrected chi connectivity index (χ3v) is 3.55. The van der Waals surface area contributed by atoms with Gasteiger partial charge in [0.2, 0.25) is 0 Å². The molecule has 0 spiro atoms. The first-order chi connectivity index (χ1) is 8.84. The molecule has 0 fully saturated rings. The SMILES string of the molecule is COC(C)(C)CCN(C)Cc1cccc(C(N)=S)c1. The molecule has 0 saturated heterocycles. The van der Waals surface area contributed by atoms with E-state index in [-0.39, 0.29) is 5.60 Å². The molecule has 0 aliphatic heterocycles. The van der Waals surface area contributed by atoms with Gasteiger partial charge in [0.25, 0.3) is 0 Å². The molecule has 0 unspecified atom stereocenters.